The van der Waals surface area contributed by atoms with Gasteiger partial charge in [0.05, 0.1) is 19.9 Å². The summed E-state index contributed by atoms with van der Waals surface area (Å²) in [6.45, 7) is 1.19. The van der Waals surface area contributed by atoms with E-state index in [0.29, 0.717) is 6.07 Å². The number of benzene rings is 1. The molecule has 1 unspecified atom stereocenters. The van der Waals surface area contributed by atoms with Crippen molar-refractivity contribution in [3.8, 4) is 22.8 Å². The molecule has 0 saturated carbocycles. The molecule has 0 aliphatic carbocycles. The maximum absolute atomic E-state index is 13.5. The molecule has 31 heavy (non-hydrogen) atoms. The second-order valence-corrected chi connectivity index (χ2v) is 6.64. The highest BCUT2D eigenvalue weighted by Gasteiger charge is 2.62. The second-order valence-electron chi connectivity index (χ2n) is 6.64. The maximum atomic E-state index is 13.5. The van der Waals surface area contributed by atoms with E-state index in [1.807, 2.05) is 0 Å². The van der Waals surface area contributed by atoms with Gasteiger partial charge in [-0.1, -0.05) is 0 Å². The molecule has 3 rings (SSSR count). The molecule has 0 spiro atoms. The normalized spacial score (nSPS) is 19.4. The minimum Gasteiger partial charge on any atom is -0.493 e. The van der Waals surface area contributed by atoms with E-state index in [1.54, 1.807) is 0 Å². The monoisotopic (exact) mass is 450 g/mol. The molecule has 0 fully saturated rings. The van der Waals surface area contributed by atoms with E-state index < -0.39 is 36.1 Å². The predicted octanol–water partition coefficient (Wildman–Crippen LogP) is 4.02. The molecule has 1 aliphatic heterocycles. The number of methoxy groups -OCH3 is 2. The highest BCUT2D eigenvalue weighted by Crippen LogP contribution is 2.43. The standard InChI is InChI=1S/C18H16F6N4O3/c1-9-8-16(29,18(22,23)24)28(27-9)15-25-11(7-14(26-15)17(19,20)21)10-4-5-12(30-2)13(6-10)31-3/h4-7,29H,8H2,1-3H3. The van der Waals surface area contributed by atoms with Crippen LogP contribution in [0, 0.1) is 0 Å². The van der Waals surface area contributed by atoms with E-state index in [0.717, 1.165) is 0 Å². The van der Waals surface area contributed by atoms with Gasteiger partial charge in [-0.15, -0.1) is 0 Å². The van der Waals surface area contributed by atoms with Crippen LogP contribution in [0.25, 0.3) is 11.3 Å². The van der Waals surface area contributed by atoms with Crippen LogP contribution in [0.2, 0.25) is 0 Å². The molecule has 1 atom stereocenters. The van der Waals surface area contributed by atoms with Gasteiger partial charge in [-0.05, 0) is 31.2 Å². The molecule has 1 N–H and O–H groups in total. The quantitative estimate of drug-likeness (QED) is 0.709. The van der Waals surface area contributed by atoms with Crippen molar-refractivity contribution in [3.63, 3.8) is 0 Å². The van der Waals surface area contributed by atoms with Crippen LogP contribution in [-0.2, 0) is 6.18 Å². The number of hydrogen-bond acceptors (Lipinski definition) is 7. The molecule has 0 radical (unpaired) electrons. The summed E-state index contributed by atoms with van der Waals surface area (Å²) in [5, 5.41) is 13.7. The number of alkyl halides is 6. The Bertz CT molecular complexity index is 1020. The fourth-order valence-electron chi connectivity index (χ4n) is 2.97. The fourth-order valence-corrected chi connectivity index (χ4v) is 2.97. The van der Waals surface area contributed by atoms with Crippen molar-refractivity contribution in [3.05, 3.63) is 30.0 Å². The third kappa shape index (κ3) is 4.09. The third-order valence-corrected chi connectivity index (χ3v) is 4.45. The van der Waals surface area contributed by atoms with Crippen molar-refractivity contribution in [2.75, 3.05) is 19.2 Å². The number of nitrogens with zero attached hydrogens (tertiary/aromatic N) is 4. The third-order valence-electron chi connectivity index (χ3n) is 4.45. The first-order valence-electron chi connectivity index (χ1n) is 8.62. The Labute approximate surface area is 171 Å². The van der Waals surface area contributed by atoms with Crippen LogP contribution in [0.3, 0.4) is 0 Å². The van der Waals surface area contributed by atoms with Crippen molar-refractivity contribution in [1.29, 1.82) is 0 Å². The van der Waals surface area contributed by atoms with E-state index in [1.165, 1.54) is 39.3 Å². The molecule has 0 amide bonds. The lowest BCUT2D eigenvalue weighted by molar-refractivity contribution is -0.254. The molecule has 0 saturated heterocycles. The van der Waals surface area contributed by atoms with Gasteiger partial charge in [-0.3, -0.25) is 0 Å². The van der Waals surface area contributed by atoms with E-state index in [4.69, 9.17) is 9.47 Å². The molecule has 13 heteroatoms. The lowest BCUT2D eigenvalue weighted by Crippen LogP contribution is -2.55. The fraction of sp³-hybridized carbons (Fsp3) is 0.389. The van der Waals surface area contributed by atoms with Gasteiger partial charge >= 0.3 is 12.4 Å². The van der Waals surface area contributed by atoms with Crippen molar-refractivity contribution in [2.24, 2.45) is 5.10 Å². The van der Waals surface area contributed by atoms with Gasteiger partial charge in [-0.25, -0.2) is 9.97 Å². The Kier molecular flexibility index (Phi) is 5.50. The Morgan fingerprint density at radius 1 is 1.00 bits per heavy atom. The van der Waals surface area contributed by atoms with E-state index in [-0.39, 0.29) is 33.5 Å². The molecule has 1 aromatic carbocycles. The maximum Gasteiger partial charge on any atom is 0.438 e. The van der Waals surface area contributed by atoms with Crippen molar-refractivity contribution in [2.45, 2.75) is 31.4 Å². The number of aliphatic hydroxyl groups is 1. The smallest absolute Gasteiger partial charge is 0.438 e. The van der Waals surface area contributed by atoms with E-state index >= 15 is 0 Å². The highest BCUT2D eigenvalue weighted by molar-refractivity contribution is 5.87. The molecule has 2 heterocycles. The molecule has 1 aromatic heterocycles. The lowest BCUT2D eigenvalue weighted by atomic mass is 10.1. The zero-order valence-electron chi connectivity index (χ0n) is 16.3. The van der Waals surface area contributed by atoms with Gasteiger partial charge in [0.15, 0.2) is 17.2 Å². The van der Waals surface area contributed by atoms with Crippen molar-refractivity contribution in [1.82, 2.24) is 9.97 Å². The van der Waals surface area contributed by atoms with E-state index in [2.05, 4.69) is 15.1 Å². The number of rotatable bonds is 4. The summed E-state index contributed by atoms with van der Waals surface area (Å²) in [6.07, 6.45) is -11.2. The summed E-state index contributed by atoms with van der Waals surface area (Å²) < 4.78 is 91.1. The molecule has 2 aromatic rings. The van der Waals surface area contributed by atoms with E-state index in [9.17, 15) is 31.4 Å². The van der Waals surface area contributed by atoms with Crippen LogP contribution < -0.4 is 14.5 Å². The van der Waals surface area contributed by atoms with Crippen LogP contribution in [0.1, 0.15) is 19.0 Å². The van der Waals surface area contributed by atoms with Gasteiger partial charge in [0.1, 0.15) is 0 Å². The lowest BCUT2D eigenvalue weighted by Gasteiger charge is -2.32. The van der Waals surface area contributed by atoms with Crippen LogP contribution in [0.4, 0.5) is 32.3 Å². The zero-order chi connectivity index (χ0) is 23.2. The van der Waals surface area contributed by atoms with Crippen LogP contribution in [-0.4, -0.2) is 46.9 Å². The molecule has 1 aliphatic rings. The largest absolute Gasteiger partial charge is 0.493 e. The predicted molar refractivity (Wildman–Crippen MR) is 96.8 cm³/mol. The number of anilines is 1. The number of halogens is 6. The van der Waals surface area contributed by atoms with Gasteiger partial charge < -0.3 is 14.6 Å². The van der Waals surface area contributed by atoms with Crippen molar-refractivity contribution >= 4 is 11.7 Å². The molecular formula is C18H16F6N4O3. The summed E-state index contributed by atoms with van der Waals surface area (Å²) in [7, 11) is 2.66. The first kappa shape index (κ1) is 22.6. The Morgan fingerprint density at radius 2 is 1.65 bits per heavy atom. The first-order valence-corrected chi connectivity index (χ1v) is 8.62. The van der Waals surface area contributed by atoms with Gasteiger partial charge in [0, 0.05) is 17.7 Å². The number of hydrogen-bond donors (Lipinski definition) is 1. The Balaban J connectivity index is 2.22. The summed E-state index contributed by atoms with van der Waals surface area (Å²) in [4.78, 5) is 7.02. The Morgan fingerprint density at radius 3 is 2.19 bits per heavy atom. The molecule has 7 nitrogen and oxygen atoms in total. The highest BCUT2D eigenvalue weighted by atomic mass is 19.4. The summed E-state index contributed by atoms with van der Waals surface area (Å²) in [6, 6.07) is 4.62. The number of aromatic nitrogens is 2. The minimum atomic E-state index is -5.24. The molecule has 168 valence electrons. The minimum absolute atomic E-state index is 0.0399. The SMILES string of the molecule is COc1ccc(-c2cc(C(F)(F)F)nc(N3N=C(C)CC3(O)C(F)(F)F)n2)cc1OC. The average molecular weight is 450 g/mol. The van der Waals surface area contributed by atoms with Crippen LogP contribution in [0.5, 0.6) is 11.5 Å². The van der Waals surface area contributed by atoms with Gasteiger partial charge in [-0.2, -0.15) is 36.5 Å². The summed E-state index contributed by atoms with van der Waals surface area (Å²) in [5.41, 5.74) is -5.53. The Hall–Kier alpha value is -3.09. The zero-order valence-corrected chi connectivity index (χ0v) is 16.3. The van der Waals surface area contributed by atoms with Crippen LogP contribution >= 0.6 is 0 Å². The summed E-state index contributed by atoms with van der Waals surface area (Å²) in [5.74, 6) is -0.616. The van der Waals surface area contributed by atoms with Gasteiger partial charge in [0.25, 0.3) is 5.72 Å². The number of ether oxygens (including phenoxy) is 2. The second kappa shape index (κ2) is 7.55. The first-order chi connectivity index (χ1) is 14.3. The van der Waals surface area contributed by atoms with Gasteiger partial charge in [0.2, 0.25) is 5.95 Å². The average Bonchev–Trinajstić information content (AvgIpc) is 3.01. The topological polar surface area (TPSA) is 80.1 Å². The van der Waals surface area contributed by atoms with Crippen molar-refractivity contribution < 1.29 is 40.9 Å². The molecule has 0 bridgehead atoms. The molecular weight excluding hydrogens is 434 g/mol. The number of hydrazone groups is 1. The van der Waals surface area contributed by atoms with Crippen LogP contribution in [0.15, 0.2) is 29.4 Å². The summed E-state index contributed by atoms with van der Waals surface area (Å²) >= 11 is 0.